The van der Waals surface area contributed by atoms with Gasteiger partial charge in [-0.1, -0.05) is 66.8 Å². The first-order chi connectivity index (χ1) is 14.0. The van der Waals surface area contributed by atoms with Crippen LogP contribution in [-0.4, -0.2) is 28.3 Å². The molecule has 152 valence electrons. The van der Waals surface area contributed by atoms with Crippen molar-refractivity contribution in [3.05, 3.63) is 64.1 Å². The molecule has 1 fully saturated rings. The molecule has 0 unspecified atom stereocenters. The van der Waals surface area contributed by atoms with Crippen LogP contribution in [0.4, 0.5) is 0 Å². The van der Waals surface area contributed by atoms with E-state index in [0.717, 1.165) is 17.5 Å². The molecule has 0 radical (unpaired) electrons. The molecule has 0 atom stereocenters. The minimum Gasteiger partial charge on any atom is -0.490 e. The number of aryl methyl sites for hydroxylation is 1. The Morgan fingerprint density at radius 2 is 1.93 bits per heavy atom. The lowest BCUT2D eigenvalue weighted by Gasteiger charge is -2.13. The van der Waals surface area contributed by atoms with E-state index in [0.29, 0.717) is 40.5 Å². The molecule has 4 nitrogen and oxygen atoms in total. The summed E-state index contributed by atoms with van der Waals surface area (Å²) in [6.07, 6.45) is 2.74. The first-order valence-electron chi connectivity index (χ1n) is 9.72. The molecule has 1 saturated heterocycles. The van der Waals surface area contributed by atoms with Crippen molar-refractivity contribution in [2.45, 2.75) is 33.8 Å². The van der Waals surface area contributed by atoms with E-state index in [1.54, 1.807) is 4.90 Å². The number of benzene rings is 2. The molecule has 0 saturated carbocycles. The number of carbonyl (C=O) groups is 1. The third-order valence-corrected chi connectivity index (χ3v) is 5.74. The molecule has 1 amide bonds. The van der Waals surface area contributed by atoms with E-state index in [2.05, 4.69) is 19.1 Å². The predicted molar refractivity (Wildman–Crippen MR) is 123 cm³/mol. The lowest BCUT2D eigenvalue weighted by atomic mass is 10.1. The van der Waals surface area contributed by atoms with E-state index in [-0.39, 0.29) is 5.91 Å². The number of rotatable bonds is 8. The van der Waals surface area contributed by atoms with Gasteiger partial charge < -0.3 is 9.47 Å². The summed E-state index contributed by atoms with van der Waals surface area (Å²) in [7, 11) is 0. The van der Waals surface area contributed by atoms with E-state index >= 15 is 0 Å². The Balaban J connectivity index is 1.79. The van der Waals surface area contributed by atoms with Gasteiger partial charge in [-0.15, -0.1) is 0 Å². The Bertz CT molecular complexity index is 939. The third kappa shape index (κ3) is 5.40. The van der Waals surface area contributed by atoms with Gasteiger partial charge in [0.05, 0.1) is 11.5 Å². The van der Waals surface area contributed by atoms with E-state index < -0.39 is 0 Å². The highest BCUT2D eigenvalue weighted by Crippen LogP contribution is 2.35. The van der Waals surface area contributed by atoms with Crippen LogP contribution >= 0.6 is 24.0 Å². The van der Waals surface area contributed by atoms with Gasteiger partial charge in [0.1, 0.15) is 10.9 Å². The number of thioether (sulfide) groups is 1. The molecule has 6 heteroatoms. The molecule has 1 aliphatic heterocycles. The van der Waals surface area contributed by atoms with Crippen molar-refractivity contribution in [2.24, 2.45) is 0 Å². The molecule has 2 aromatic rings. The number of amides is 1. The summed E-state index contributed by atoms with van der Waals surface area (Å²) in [5.74, 6) is 1.32. The number of carbonyl (C=O) groups excluding carboxylic acids is 1. The maximum absolute atomic E-state index is 12.6. The fourth-order valence-corrected chi connectivity index (χ4v) is 4.34. The third-order valence-electron chi connectivity index (χ3n) is 4.36. The molecule has 1 aliphatic rings. The van der Waals surface area contributed by atoms with Gasteiger partial charge in [-0.25, -0.2) is 0 Å². The van der Waals surface area contributed by atoms with Crippen LogP contribution in [0.15, 0.2) is 47.4 Å². The molecule has 1 heterocycles. The fourth-order valence-electron chi connectivity index (χ4n) is 3.03. The van der Waals surface area contributed by atoms with Crippen LogP contribution in [-0.2, 0) is 11.4 Å². The minimum atomic E-state index is -0.0282. The maximum atomic E-state index is 12.6. The van der Waals surface area contributed by atoms with Crippen LogP contribution < -0.4 is 9.47 Å². The molecule has 0 spiro atoms. The summed E-state index contributed by atoms with van der Waals surface area (Å²) < 4.78 is 12.4. The summed E-state index contributed by atoms with van der Waals surface area (Å²) >= 11 is 6.68. The van der Waals surface area contributed by atoms with Gasteiger partial charge in [0.25, 0.3) is 5.91 Å². The van der Waals surface area contributed by atoms with E-state index in [4.69, 9.17) is 21.7 Å². The lowest BCUT2D eigenvalue weighted by Crippen LogP contribution is -2.28. The number of nitrogens with zero attached hydrogens (tertiary/aromatic N) is 1. The zero-order valence-electron chi connectivity index (χ0n) is 16.9. The average Bonchev–Trinajstić information content (AvgIpc) is 2.95. The van der Waals surface area contributed by atoms with Crippen molar-refractivity contribution >= 4 is 40.3 Å². The Labute approximate surface area is 181 Å². The number of thiocarbonyl (C=S) groups is 1. The highest BCUT2D eigenvalue weighted by molar-refractivity contribution is 8.26. The van der Waals surface area contributed by atoms with Crippen LogP contribution in [0.2, 0.25) is 0 Å². The Kier molecular flexibility index (Phi) is 7.34. The van der Waals surface area contributed by atoms with Crippen molar-refractivity contribution < 1.29 is 14.3 Å². The molecule has 3 rings (SSSR count). The quantitative estimate of drug-likeness (QED) is 0.406. The molecular weight excluding hydrogens is 402 g/mol. The largest absolute Gasteiger partial charge is 0.490 e. The molecule has 0 bridgehead atoms. The van der Waals surface area contributed by atoms with Gasteiger partial charge in [-0.2, -0.15) is 0 Å². The van der Waals surface area contributed by atoms with Gasteiger partial charge >= 0.3 is 0 Å². The van der Waals surface area contributed by atoms with Crippen molar-refractivity contribution in [2.75, 3.05) is 13.2 Å². The summed E-state index contributed by atoms with van der Waals surface area (Å²) in [5, 5.41) is 0. The summed E-state index contributed by atoms with van der Waals surface area (Å²) in [4.78, 5) is 14.9. The zero-order valence-corrected chi connectivity index (χ0v) is 18.6. The van der Waals surface area contributed by atoms with Crippen molar-refractivity contribution in [1.29, 1.82) is 0 Å². The zero-order chi connectivity index (χ0) is 20.8. The van der Waals surface area contributed by atoms with Crippen molar-refractivity contribution in [3.8, 4) is 11.5 Å². The standard InChI is InChI=1S/C23H25NO3S2/c1-4-11-24-22(25)21(29-23(24)28)14-17-9-10-19(20(13-17)26-5-2)27-15-18-8-6-7-16(3)12-18/h6-10,12-14H,4-5,11,15H2,1-3H3/b21-14+. The number of ether oxygens (including phenoxy) is 2. The lowest BCUT2D eigenvalue weighted by molar-refractivity contribution is -0.122. The maximum Gasteiger partial charge on any atom is 0.266 e. The second-order valence-electron chi connectivity index (χ2n) is 6.75. The summed E-state index contributed by atoms with van der Waals surface area (Å²) in [5.41, 5.74) is 3.19. The van der Waals surface area contributed by atoms with Gasteiger partial charge in [0, 0.05) is 6.54 Å². The van der Waals surface area contributed by atoms with Crippen LogP contribution in [0.5, 0.6) is 11.5 Å². The van der Waals surface area contributed by atoms with Crippen LogP contribution in [0, 0.1) is 6.92 Å². The fraction of sp³-hybridized carbons (Fsp3) is 0.304. The highest BCUT2D eigenvalue weighted by atomic mass is 32.2. The second kappa shape index (κ2) is 9.94. The molecule has 29 heavy (non-hydrogen) atoms. The van der Waals surface area contributed by atoms with Crippen molar-refractivity contribution in [3.63, 3.8) is 0 Å². The first kappa shape index (κ1) is 21.4. The Hall–Kier alpha value is -2.31. The molecule has 0 aromatic heterocycles. The molecule has 0 aliphatic carbocycles. The average molecular weight is 428 g/mol. The van der Waals surface area contributed by atoms with Crippen LogP contribution in [0.25, 0.3) is 6.08 Å². The van der Waals surface area contributed by atoms with E-state index in [1.807, 2.05) is 50.3 Å². The summed E-state index contributed by atoms with van der Waals surface area (Å²) in [6.45, 7) is 7.68. The van der Waals surface area contributed by atoms with Gasteiger partial charge in [0.15, 0.2) is 11.5 Å². The normalized spacial score (nSPS) is 15.3. The molecule has 2 aromatic carbocycles. The highest BCUT2D eigenvalue weighted by Gasteiger charge is 2.31. The minimum absolute atomic E-state index is 0.0282. The Morgan fingerprint density at radius 1 is 1.10 bits per heavy atom. The predicted octanol–water partition coefficient (Wildman–Crippen LogP) is 5.58. The number of hydrogen-bond donors (Lipinski definition) is 0. The molecular formula is C23H25NO3S2. The van der Waals surface area contributed by atoms with Crippen molar-refractivity contribution in [1.82, 2.24) is 4.90 Å². The summed E-state index contributed by atoms with van der Waals surface area (Å²) in [6, 6.07) is 14.0. The first-order valence-corrected chi connectivity index (χ1v) is 10.9. The monoisotopic (exact) mass is 427 g/mol. The topological polar surface area (TPSA) is 38.8 Å². The number of hydrogen-bond acceptors (Lipinski definition) is 5. The smallest absolute Gasteiger partial charge is 0.266 e. The van der Waals surface area contributed by atoms with E-state index in [1.165, 1.54) is 17.3 Å². The van der Waals surface area contributed by atoms with Gasteiger partial charge in [0.2, 0.25) is 0 Å². The Morgan fingerprint density at radius 3 is 2.66 bits per heavy atom. The SMILES string of the molecule is CCCN1C(=O)/C(=C\c2ccc(OCc3cccc(C)c3)c(OCC)c2)SC1=S. The van der Waals surface area contributed by atoms with Crippen LogP contribution in [0.3, 0.4) is 0 Å². The van der Waals surface area contributed by atoms with Gasteiger partial charge in [-0.05, 0) is 49.6 Å². The molecule has 0 N–H and O–H groups in total. The van der Waals surface area contributed by atoms with Crippen LogP contribution in [0.1, 0.15) is 37.0 Å². The van der Waals surface area contributed by atoms with Gasteiger partial charge in [-0.3, -0.25) is 9.69 Å². The van der Waals surface area contributed by atoms with E-state index in [9.17, 15) is 4.79 Å². The second-order valence-corrected chi connectivity index (χ2v) is 8.43.